The van der Waals surface area contributed by atoms with E-state index < -0.39 is 5.97 Å². The van der Waals surface area contributed by atoms with Gasteiger partial charge in [0, 0.05) is 11.6 Å². The lowest BCUT2D eigenvalue weighted by molar-refractivity contribution is 0.0659. The first-order chi connectivity index (χ1) is 8.97. The molecule has 4 nitrogen and oxygen atoms in total. The number of carboxylic acids is 1. The van der Waals surface area contributed by atoms with Crippen LogP contribution in [0.3, 0.4) is 0 Å². The number of rotatable bonds is 4. The Morgan fingerprint density at radius 2 is 2.16 bits per heavy atom. The van der Waals surface area contributed by atoms with Gasteiger partial charge in [-0.3, -0.25) is 0 Å². The zero-order chi connectivity index (χ0) is 14.0. The van der Waals surface area contributed by atoms with Gasteiger partial charge in [-0.05, 0) is 44.1 Å². The highest BCUT2D eigenvalue weighted by Gasteiger charge is 2.24. The Morgan fingerprint density at radius 1 is 1.42 bits per heavy atom. The molecule has 106 valence electrons. The number of aromatic carboxylic acids is 1. The minimum Gasteiger partial charge on any atom is -0.475 e. The summed E-state index contributed by atoms with van der Waals surface area (Å²) in [5.74, 6) is 1.33. The van der Waals surface area contributed by atoms with Gasteiger partial charge in [0.2, 0.25) is 5.76 Å². The zero-order valence-electron chi connectivity index (χ0n) is 11.9. The van der Waals surface area contributed by atoms with Crippen LogP contribution in [-0.4, -0.2) is 17.1 Å². The SMILES string of the molecule is Cc1cc(CNC2CCC(C)C(C)C2)oc1C(=O)O. The van der Waals surface area contributed by atoms with Crippen LogP contribution in [0.1, 0.15) is 55.0 Å². The summed E-state index contributed by atoms with van der Waals surface area (Å²) in [5.41, 5.74) is 0.690. The van der Waals surface area contributed by atoms with Crippen molar-refractivity contribution in [2.75, 3.05) is 0 Å². The summed E-state index contributed by atoms with van der Waals surface area (Å²) < 4.78 is 5.35. The second-order valence-electron chi connectivity index (χ2n) is 5.88. The fourth-order valence-corrected chi connectivity index (χ4v) is 2.83. The van der Waals surface area contributed by atoms with Crippen LogP contribution in [0, 0.1) is 18.8 Å². The van der Waals surface area contributed by atoms with Crippen LogP contribution in [0.4, 0.5) is 0 Å². The van der Waals surface area contributed by atoms with Crippen LogP contribution in [0.2, 0.25) is 0 Å². The summed E-state index contributed by atoms with van der Waals surface area (Å²) in [6.07, 6.45) is 3.64. The number of nitrogens with one attached hydrogen (secondary N) is 1. The highest BCUT2D eigenvalue weighted by molar-refractivity contribution is 5.86. The van der Waals surface area contributed by atoms with E-state index >= 15 is 0 Å². The minimum absolute atomic E-state index is 0.0578. The monoisotopic (exact) mass is 265 g/mol. The summed E-state index contributed by atoms with van der Waals surface area (Å²) in [4.78, 5) is 10.9. The molecule has 1 heterocycles. The van der Waals surface area contributed by atoms with Crippen molar-refractivity contribution >= 4 is 5.97 Å². The van der Waals surface area contributed by atoms with E-state index in [1.807, 2.05) is 6.07 Å². The lowest BCUT2D eigenvalue weighted by Crippen LogP contribution is -2.35. The molecule has 2 rings (SSSR count). The van der Waals surface area contributed by atoms with Crippen LogP contribution in [0.25, 0.3) is 0 Å². The van der Waals surface area contributed by atoms with E-state index in [-0.39, 0.29) is 5.76 Å². The molecule has 1 fully saturated rings. The van der Waals surface area contributed by atoms with E-state index in [9.17, 15) is 4.79 Å². The zero-order valence-corrected chi connectivity index (χ0v) is 11.9. The summed E-state index contributed by atoms with van der Waals surface area (Å²) in [6, 6.07) is 2.33. The van der Waals surface area contributed by atoms with Crippen molar-refractivity contribution < 1.29 is 14.3 Å². The van der Waals surface area contributed by atoms with Crippen LogP contribution < -0.4 is 5.32 Å². The van der Waals surface area contributed by atoms with E-state index in [2.05, 4.69) is 19.2 Å². The largest absolute Gasteiger partial charge is 0.475 e. The van der Waals surface area contributed by atoms with Crippen molar-refractivity contribution in [2.24, 2.45) is 11.8 Å². The minimum atomic E-state index is -0.996. The molecule has 0 saturated heterocycles. The Kier molecular flexibility index (Phi) is 4.30. The van der Waals surface area contributed by atoms with Gasteiger partial charge >= 0.3 is 5.97 Å². The Bertz CT molecular complexity index is 452. The molecule has 0 amide bonds. The standard InChI is InChI=1S/C15H23NO3/c1-9-4-5-12(6-10(9)2)16-8-13-7-11(3)14(19-13)15(17)18/h7,9-10,12,16H,4-6,8H2,1-3H3,(H,17,18). The van der Waals surface area contributed by atoms with E-state index in [1.54, 1.807) is 6.92 Å². The molecular weight excluding hydrogens is 242 g/mol. The summed E-state index contributed by atoms with van der Waals surface area (Å²) in [5, 5.41) is 12.4. The van der Waals surface area contributed by atoms with Crippen molar-refractivity contribution in [1.29, 1.82) is 0 Å². The van der Waals surface area contributed by atoms with Crippen molar-refractivity contribution in [3.05, 3.63) is 23.2 Å². The van der Waals surface area contributed by atoms with Gasteiger partial charge in [-0.25, -0.2) is 4.79 Å². The molecule has 1 aliphatic rings. The number of carbonyl (C=O) groups is 1. The normalized spacial score (nSPS) is 27.4. The predicted molar refractivity (Wildman–Crippen MR) is 73.2 cm³/mol. The summed E-state index contributed by atoms with van der Waals surface area (Å²) in [7, 11) is 0. The number of carboxylic acid groups (broad SMARTS) is 1. The van der Waals surface area contributed by atoms with Gasteiger partial charge in [-0.15, -0.1) is 0 Å². The maximum absolute atomic E-state index is 10.9. The maximum Gasteiger partial charge on any atom is 0.372 e. The van der Waals surface area contributed by atoms with Gasteiger partial charge in [0.05, 0.1) is 6.54 Å². The topological polar surface area (TPSA) is 62.5 Å². The highest BCUT2D eigenvalue weighted by Crippen LogP contribution is 2.29. The Hall–Kier alpha value is -1.29. The molecule has 0 aliphatic heterocycles. The molecule has 1 aromatic heterocycles. The smallest absolute Gasteiger partial charge is 0.372 e. The molecule has 1 aromatic rings. The Labute approximate surface area is 114 Å². The quantitative estimate of drug-likeness (QED) is 0.877. The van der Waals surface area contributed by atoms with E-state index in [0.717, 1.165) is 11.8 Å². The average molecular weight is 265 g/mol. The first-order valence-corrected chi connectivity index (χ1v) is 7.03. The van der Waals surface area contributed by atoms with E-state index in [1.165, 1.54) is 19.3 Å². The number of furan rings is 1. The maximum atomic E-state index is 10.9. The number of aryl methyl sites for hydroxylation is 1. The fraction of sp³-hybridized carbons (Fsp3) is 0.667. The van der Waals surface area contributed by atoms with Crippen molar-refractivity contribution in [3.63, 3.8) is 0 Å². The molecule has 4 heteroatoms. The summed E-state index contributed by atoms with van der Waals surface area (Å²) >= 11 is 0. The third-order valence-electron chi connectivity index (χ3n) is 4.33. The fourth-order valence-electron chi connectivity index (χ4n) is 2.83. The second kappa shape index (κ2) is 5.78. The third-order valence-corrected chi connectivity index (χ3v) is 4.33. The Balaban J connectivity index is 1.89. The third kappa shape index (κ3) is 3.38. The first-order valence-electron chi connectivity index (χ1n) is 7.03. The molecular formula is C15H23NO3. The summed E-state index contributed by atoms with van der Waals surface area (Å²) in [6.45, 7) is 6.99. The van der Waals surface area contributed by atoms with Gasteiger partial charge in [-0.2, -0.15) is 0 Å². The molecule has 0 aromatic carbocycles. The van der Waals surface area contributed by atoms with E-state index in [4.69, 9.17) is 9.52 Å². The van der Waals surface area contributed by atoms with Gasteiger partial charge in [0.1, 0.15) is 5.76 Å². The highest BCUT2D eigenvalue weighted by atomic mass is 16.4. The predicted octanol–water partition coefficient (Wildman–Crippen LogP) is 3.20. The van der Waals surface area contributed by atoms with Gasteiger partial charge in [0.15, 0.2) is 0 Å². The molecule has 3 atom stereocenters. The first kappa shape index (κ1) is 14.1. The van der Waals surface area contributed by atoms with Crippen LogP contribution in [0.5, 0.6) is 0 Å². The lowest BCUT2D eigenvalue weighted by Gasteiger charge is -2.32. The van der Waals surface area contributed by atoms with Crippen molar-refractivity contribution in [1.82, 2.24) is 5.32 Å². The molecule has 19 heavy (non-hydrogen) atoms. The second-order valence-corrected chi connectivity index (χ2v) is 5.88. The van der Waals surface area contributed by atoms with Crippen LogP contribution in [0.15, 0.2) is 10.5 Å². The van der Waals surface area contributed by atoms with Crippen molar-refractivity contribution in [3.8, 4) is 0 Å². The van der Waals surface area contributed by atoms with Crippen LogP contribution >= 0.6 is 0 Å². The molecule has 0 radical (unpaired) electrons. The van der Waals surface area contributed by atoms with Gasteiger partial charge in [-0.1, -0.05) is 13.8 Å². The lowest BCUT2D eigenvalue weighted by atomic mass is 9.79. The van der Waals surface area contributed by atoms with Gasteiger partial charge in [0.25, 0.3) is 0 Å². The molecule has 0 spiro atoms. The molecule has 3 unspecified atom stereocenters. The Morgan fingerprint density at radius 3 is 2.74 bits per heavy atom. The molecule has 0 bridgehead atoms. The average Bonchev–Trinajstić information content (AvgIpc) is 2.72. The van der Waals surface area contributed by atoms with E-state index in [0.29, 0.717) is 23.9 Å². The molecule has 1 aliphatic carbocycles. The van der Waals surface area contributed by atoms with Crippen LogP contribution in [-0.2, 0) is 6.54 Å². The molecule has 1 saturated carbocycles. The van der Waals surface area contributed by atoms with Gasteiger partial charge < -0.3 is 14.8 Å². The number of hydrogen-bond donors (Lipinski definition) is 2. The van der Waals surface area contributed by atoms with Crippen molar-refractivity contribution in [2.45, 2.75) is 52.6 Å². The number of hydrogen-bond acceptors (Lipinski definition) is 3. The molecule has 2 N–H and O–H groups in total.